The Kier molecular flexibility index (Phi) is 9.32. The minimum atomic E-state index is -0.0727. The summed E-state index contributed by atoms with van der Waals surface area (Å²) in [5.74, 6) is 2.01. The van der Waals surface area contributed by atoms with Crippen LogP contribution in [0, 0.1) is 0 Å². The number of benzene rings is 1. The fourth-order valence-corrected chi connectivity index (χ4v) is 4.49. The summed E-state index contributed by atoms with van der Waals surface area (Å²) < 4.78 is 12.0. The Labute approximate surface area is 212 Å². The number of rotatable bonds is 5. The lowest BCUT2D eigenvalue weighted by molar-refractivity contribution is -0.133. The second kappa shape index (κ2) is 13.1. The molecule has 0 unspecified atom stereocenters. The SMILES string of the molecule is CCOc1cccc2c1OCCCCCNC(=O)CN(CC(=O)N1CCN(c3ncccn3)CC1)C2. The maximum atomic E-state index is 13.3. The summed E-state index contributed by atoms with van der Waals surface area (Å²) in [6.45, 7) is 6.90. The normalized spacial score (nSPS) is 18.1. The molecule has 4 rings (SSSR count). The summed E-state index contributed by atoms with van der Waals surface area (Å²) in [4.78, 5) is 40.4. The molecule has 2 aromatic rings. The van der Waals surface area contributed by atoms with Crippen molar-refractivity contribution in [1.82, 2.24) is 25.1 Å². The summed E-state index contributed by atoms with van der Waals surface area (Å²) in [5.41, 5.74) is 0.909. The number of nitrogens with one attached hydrogen (secondary N) is 1. The zero-order valence-electron chi connectivity index (χ0n) is 21.0. The number of amides is 2. The standard InChI is InChI=1S/C26H36N6O4/c1-2-35-22-9-6-8-21-18-30(19-23(33)27-10-4-3-5-17-36-25(21)22)20-24(34)31-13-15-32(16-14-31)26-28-11-7-12-29-26/h6-9,11-12H,2-5,10,13-20H2,1H3,(H,27,33). The van der Waals surface area contributed by atoms with E-state index >= 15 is 0 Å². The summed E-state index contributed by atoms with van der Waals surface area (Å²) in [5, 5.41) is 2.99. The molecule has 1 N–H and O–H groups in total. The average molecular weight is 497 g/mol. The maximum Gasteiger partial charge on any atom is 0.236 e. The molecule has 0 bridgehead atoms. The van der Waals surface area contributed by atoms with Crippen molar-refractivity contribution in [1.29, 1.82) is 0 Å². The molecule has 1 aromatic heterocycles. The number of hydrogen-bond acceptors (Lipinski definition) is 8. The van der Waals surface area contributed by atoms with Crippen LogP contribution in [-0.2, 0) is 16.1 Å². The van der Waals surface area contributed by atoms with E-state index in [1.807, 2.05) is 34.9 Å². The third-order valence-electron chi connectivity index (χ3n) is 6.34. The van der Waals surface area contributed by atoms with Crippen LogP contribution in [0.5, 0.6) is 11.5 Å². The van der Waals surface area contributed by atoms with E-state index in [0.717, 1.165) is 24.8 Å². The fraction of sp³-hybridized carbons (Fsp3) is 0.538. The molecular formula is C26H36N6O4. The Morgan fingerprint density at radius 1 is 1.06 bits per heavy atom. The van der Waals surface area contributed by atoms with Crippen molar-refractivity contribution in [3.05, 3.63) is 42.2 Å². The van der Waals surface area contributed by atoms with Crippen LogP contribution in [0.1, 0.15) is 31.7 Å². The number of aromatic nitrogens is 2. The molecule has 0 saturated carbocycles. The van der Waals surface area contributed by atoms with Gasteiger partial charge in [-0.25, -0.2) is 9.97 Å². The Bertz CT molecular complexity index is 997. The predicted octanol–water partition coefficient (Wildman–Crippen LogP) is 1.71. The van der Waals surface area contributed by atoms with Crippen molar-refractivity contribution in [2.45, 2.75) is 32.7 Å². The smallest absolute Gasteiger partial charge is 0.236 e. The van der Waals surface area contributed by atoms with E-state index in [9.17, 15) is 9.59 Å². The monoisotopic (exact) mass is 496 g/mol. The van der Waals surface area contributed by atoms with Crippen molar-refractivity contribution in [3.63, 3.8) is 0 Å². The molecule has 1 aromatic carbocycles. The highest BCUT2D eigenvalue weighted by Gasteiger charge is 2.26. The van der Waals surface area contributed by atoms with Gasteiger partial charge in [-0.2, -0.15) is 0 Å². The van der Waals surface area contributed by atoms with E-state index in [2.05, 4.69) is 20.2 Å². The number of nitrogens with zero attached hydrogens (tertiary/aromatic N) is 5. The number of carbonyl (C=O) groups excluding carboxylic acids is 2. The molecular weight excluding hydrogens is 460 g/mol. The van der Waals surface area contributed by atoms with Crippen LogP contribution in [-0.4, -0.2) is 90.6 Å². The van der Waals surface area contributed by atoms with Gasteiger partial charge in [0.25, 0.3) is 0 Å². The second-order valence-electron chi connectivity index (χ2n) is 9.00. The van der Waals surface area contributed by atoms with Crippen LogP contribution >= 0.6 is 0 Å². The van der Waals surface area contributed by atoms with Crippen molar-refractivity contribution in [3.8, 4) is 11.5 Å². The highest BCUT2D eigenvalue weighted by atomic mass is 16.5. The van der Waals surface area contributed by atoms with Gasteiger partial charge < -0.3 is 24.6 Å². The molecule has 2 aliphatic heterocycles. The van der Waals surface area contributed by atoms with Crippen LogP contribution in [0.2, 0.25) is 0 Å². The minimum absolute atomic E-state index is 0.00387. The molecule has 2 aliphatic rings. The van der Waals surface area contributed by atoms with Crippen molar-refractivity contribution >= 4 is 17.8 Å². The molecule has 0 aliphatic carbocycles. The molecule has 10 heteroatoms. The lowest BCUT2D eigenvalue weighted by atomic mass is 10.1. The first kappa shape index (κ1) is 25.7. The Balaban J connectivity index is 1.46. The van der Waals surface area contributed by atoms with Crippen LogP contribution in [0.15, 0.2) is 36.7 Å². The zero-order chi connectivity index (χ0) is 25.2. The number of ether oxygens (including phenoxy) is 2. The molecule has 0 atom stereocenters. The Hall–Kier alpha value is -3.40. The van der Waals surface area contributed by atoms with E-state index in [0.29, 0.717) is 69.9 Å². The molecule has 2 amide bonds. The van der Waals surface area contributed by atoms with Gasteiger partial charge in [-0.1, -0.05) is 12.1 Å². The van der Waals surface area contributed by atoms with Crippen LogP contribution < -0.4 is 19.7 Å². The van der Waals surface area contributed by atoms with Gasteiger partial charge in [0, 0.05) is 57.2 Å². The van der Waals surface area contributed by atoms with Gasteiger partial charge in [0.2, 0.25) is 17.8 Å². The second-order valence-corrected chi connectivity index (χ2v) is 9.00. The lowest BCUT2D eigenvalue weighted by Crippen LogP contribution is -2.52. The summed E-state index contributed by atoms with van der Waals surface area (Å²) >= 11 is 0. The van der Waals surface area contributed by atoms with Gasteiger partial charge in [0.05, 0.1) is 26.3 Å². The first-order valence-electron chi connectivity index (χ1n) is 12.8. The van der Waals surface area contributed by atoms with Gasteiger partial charge in [0.1, 0.15) is 0 Å². The van der Waals surface area contributed by atoms with Crippen molar-refractivity contribution in [2.24, 2.45) is 0 Å². The quantitative estimate of drug-likeness (QED) is 0.668. The van der Waals surface area contributed by atoms with Gasteiger partial charge in [0.15, 0.2) is 11.5 Å². The van der Waals surface area contributed by atoms with Crippen LogP contribution in [0.3, 0.4) is 0 Å². The van der Waals surface area contributed by atoms with Gasteiger partial charge in [-0.3, -0.25) is 14.5 Å². The number of anilines is 1. The van der Waals surface area contributed by atoms with Crippen molar-refractivity contribution in [2.75, 3.05) is 63.9 Å². The highest BCUT2D eigenvalue weighted by molar-refractivity contribution is 5.81. The minimum Gasteiger partial charge on any atom is -0.490 e. The van der Waals surface area contributed by atoms with Gasteiger partial charge in [-0.05, 0) is 38.3 Å². The van der Waals surface area contributed by atoms with E-state index in [4.69, 9.17) is 9.47 Å². The highest BCUT2D eigenvalue weighted by Crippen LogP contribution is 2.32. The lowest BCUT2D eigenvalue weighted by Gasteiger charge is -2.35. The van der Waals surface area contributed by atoms with Crippen LogP contribution in [0.4, 0.5) is 5.95 Å². The van der Waals surface area contributed by atoms with E-state index in [-0.39, 0.29) is 24.9 Å². The summed E-state index contributed by atoms with van der Waals surface area (Å²) in [6, 6.07) is 7.60. The molecule has 10 nitrogen and oxygen atoms in total. The van der Waals surface area contributed by atoms with Crippen LogP contribution in [0.25, 0.3) is 0 Å². The maximum absolute atomic E-state index is 13.3. The molecule has 194 valence electrons. The number of hydrogen-bond donors (Lipinski definition) is 1. The number of fused-ring (bicyclic) bond motifs is 1. The Morgan fingerprint density at radius 3 is 2.64 bits per heavy atom. The predicted molar refractivity (Wildman–Crippen MR) is 136 cm³/mol. The van der Waals surface area contributed by atoms with Crippen molar-refractivity contribution < 1.29 is 19.1 Å². The first-order valence-corrected chi connectivity index (χ1v) is 12.8. The molecule has 1 saturated heterocycles. The third kappa shape index (κ3) is 7.07. The average Bonchev–Trinajstić information content (AvgIpc) is 2.91. The summed E-state index contributed by atoms with van der Waals surface area (Å²) in [7, 11) is 0. The largest absolute Gasteiger partial charge is 0.490 e. The van der Waals surface area contributed by atoms with E-state index < -0.39 is 0 Å². The number of carbonyl (C=O) groups is 2. The Morgan fingerprint density at radius 2 is 1.86 bits per heavy atom. The van der Waals surface area contributed by atoms with Gasteiger partial charge >= 0.3 is 0 Å². The number of para-hydroxylation sites is 1. The molecule has 1 fully saturated rings. The first-order chi connectivity index (χ1) is 17.6. The third-order valence-corrected chi connectivity index (χ3v) is 6.34. The molecule has 3 heterocycles. The molecule has 0 spiro atoms. The molecule has 36 heavy (non-hydrogen) atoms. The fourth-order valence-electron chi connectivity index (χ4n) is 4.49. The summed E-state index contributed by atoms with van der Waals surface area (Å²) in [6.07, 6.45) is 6.21. The van der Waals surface area contributed by atoms with E-state index in [1.54, 1.807) is 18.5 Å². The number of piperazine rings is 1. The van der Waals surface area contributed by atoms with Gasteiger partial charge in [-0.15, -0.1) is 0 Å². The molecule has 0 radical (unpaired) electrons. The van der Waals surface area contributed by atoms with E-state index in [1.165, 1.54) is 0 Å². The topological polar surface area (TPSA) is 100 Å². The zero-order valence-corrected chi connectivity index (χ0v) is 21.0.